The molecule has 1 aromatic carbocycles. The van der Waals surface area contributed by atoms with Crippen LogP contribution in [0.5, 0.6) is 0 Å². The standard InChI is InChI=1S/C15H20N2O4/c1-11-6-5-7-12(13(11)17(20)21)16-10-15(14(18)19)8-3-2-4-9-15/h5-7,16H,2-4,8-10H2,1H3,(H,18,19). The Kier molecular flexibility index (Phi) is 4.45. The van der Waals surface area contributed by atoms with E-state index in [1.165, 1.54) is 0 Å². The SMILES string of the molecule is Cc1cccc(NCC2(C(=O)O)CCCCC2)c1[N+](=O)[O-]. The number of carboxylic acid groups (broad SMARTS) is 1. The van der Waals surface area contributed by atoms with Gasteiger partial charge in [0.1, 0.15) is 5.69 Å². The molecule has 114 valence electrons. The van der Waals surface area contributed by atoms with Crippen LogP contribution in [0.15, 0.2) is 18.2 Å². The first-order valence-electron chi connectivity index (χ1n) is 7.17. The first-order valence-corrected chi connectivity index (χ1v) is 7.17. The summed E-state index contributed by atoms with van der Waals surface area (Å²) in [4.78, 5) is 22.3. The fourth-order valence-electron chi connectivity index (χ4n) is 3.00. The fourth-order valence-corrected chi connectivity index (χ4v) is 3.00. The summed E-state index contributed by atoms with van der Waals surface area (Å²) in [5, 5.41) is 23.7. The Balaban J connectivity index is 2.20. The summed E-state index contributed by atoms with van der Waals surface area (Å²) in [7, 11) is 0. The highest BCUT2D eigenvalue weighted by Crippen LogP contribution is 2.38. The van der Waals surface area contributed by atoms with Gasteiger partial charge >= 0.3 is 5.97 Å². The molecule has 0 radical (unpaired) electrons. The molecule has 0 amide bonds. The molecule has 2 N–H and O–H groups in total. The number of carbonyl (C=O) groups is 1. The number of nitro groups is 1. The van der Waals surface area contributed by atoms with Crippen LogP contribution in [0.2, 0.25) is 0 Å². The van der Waals surface area contributed by atoms with E-state index in [-0.39, 0.29) is 12.2 Å². The molecular formula is C15H20N2O4. The molecule has 2 rings (SSSR count). The van der Waals surface area contributed by atoms with Crippen LogP contribution >= 0.6 is 0 Å². The van der Waals surface area contributed by atoms with E-state index in [0.29, 0.717) is 24.1 Å². The van der Waals surface area contributed by atoms with Crippen molar-refractivity contribution in [3.05, 3.63) is 33.9 Å². The molecule has 0 bridgehead atoms. The first-order chi connectivity index (χ1) is 9.96. The lowest BCUT2D eigenvalue weighted by Crippen LogP contribution is -2.39. The minimum Gasteiger partial charge on any atom is -0.481 e. The Labute approximate surface area is 123 Å². The molecule has 0 saturated heterocycles. The number of aryl methyl sites for hydroxylation is 1. The number of nitrogens with zero attached hydrogens (tertiary/aromatic N) is 1. The highest BCUT2D eigenvalue weighted by Gasteiger charge is 2.39. The highest BCUT2D eigenvalue weighted by atomic mass is 16.6. The molecule has 21 heavy (non-hydrogen) atoms. The van der Waals surface area contributed by atoms with Crippen molar-refractivity contribution < 1.29 is 14.8 Å². The molecule has 0 heterocycles. The Morgan fingerprint density at radius 3 is 2.62 bits per heavy atom. The smallest absolute Gasteiger partial charge is 0.311 e. The maximum Gasteiger partial charge on any atom is 0.311 e. The number of hydrogen-bond acceptors (Lipinski definition) is 4. The van der Waals surface area contributed by atoms with Gasteiger partial charge in [0.25, 0.3) is 5.69 Å². The van der Waals surface area contributed by atoms with E-state index >= 15 is 0 Å². The minimum atomic E-state index is -0.815. The molecule has 0 atom stereocenters. The van der Waals surface area contributed by atoms with Crippen LogP contribution in [0.25, 0.3) is 0 Å². The zero-order valence-electron chi connectivity index (χ0n) is 12.1. The maximum atomic E-state index is 11.6. The highest BCUT2D eigenvalue weighted by molar-refractivity contribution is 5.76. The monoisotopic (exact) mass is 292 g/mol. The van der Waals surface area contributed by atoms with Gasteiger partial charge in [0.2, 0.25) is 0 Å². The molecule has 1 fully saturated rings. The molecule has 1 aliphatic rings. The van der Waals surface area contributed by atoms with Crippen LogP contribution in [-0.4, -0.2) is 22.5 Å². The lowest BCUT2D eigenvalue weighted by atomic mass is 9.74. The molecule has 1 aliphatic carbocycles. The van der Waals surface area contributed by atoms with Crippen molar-refractivity contribution in [3.8, 4) is 0 Å². The number of hydrogen-bond donors (Lipinski definition) is 2. The van der Waals surface area contributed by atoms with Crippen LogP contribution in [0.3, 0.4) is 0 Å². The van der Waals surface area contributed by atoms with E-state index in [1.54, 1.807) is 25.1 Å². The molecule has 6 heteroatoms. The molecule has 0 aliphatic heterocycles. The number of carboxylic acids is 1. The summed E-state index contributed by atoms with van der Waals surface area (Å²) in [5.41, 5.74) is 0.175. The Hall–Kier alpha value is -2.11. The van der Waals surface area contributed by atoms with Gasteiger partial charge in [-0.25, -0.2) is 0 Å². The predicted molar refractivity (Wildman–Crippen MR) is 79.5 cm³/mol. The second-order valence-electron chi connectivity index (χ2n) is 5.73. The van der Waals surface area contributed by atoms with Gasteiger partial charge in [0.15, 0.2) is 0 Å². The van der Waals surface area contributed by atoms with Crippen LogP contribution < -0.4 is 5.32 Å². The van der Waals surface area contributed by atoms with Gasteiger partial charge in [-0.1, -0.05) is 31.4 Å². The van der Waals surface area contributed by atoms with Gasteiger partial charge in [0, 0.05) is 12.1 Å². The van der Waals surface area contributed by atoms with Gasteiger partial charge in [-0.15, -0.1) is 0 Å². The molecule has 0 unspecified atom stereocenters. The zero-order chi connectivity index (χ0) is 15.5. The lowest BCUT2D eigenvalue weighted by Gasteiger charge is -2.33. The number of anilines is 1. The van der Waals surface area contributed by atoms with Crippen molar-refractivity contribution >= 4 is 17.3 Å². The fraction of sp³-hybridized carbons (Fsp3) is 0.533. The second kappa shape index (κ2) is 6.11. The van der Waals surface area contributed by atoms with Crippen molar-refractivity contribution in [2.24, 2.45) is 5.41 Å². The van der Waals surface area contributed by atoms with E-state index in [9.17, 15) is 20.0 Å². The quantitative estimate of drug-likeness (QED) is 0.641. The number of benzene rings is 1. The summed E-state index contributed by atoms with van der Waals surface area (Å²) in [6, 6.07) is 5.04. The Morgan fingerprint density at radius 2 is 2.05 bits per heavy atom. The van der Waals surface area contributed by atoms with Gasteiger partial charge in [0.05, 0.1) is 10.3 Å². The summed E-state index contributed by atoms with van der Waals surface area (Å²) >= 11 is 0. The molecular weight excluding hydrogens is 272 g/mol. The van der Waals surface area contributed by atoms with Crippen LogP contribution in [0.1, 0.15) is 37.7 Å². The number of para-hydroxylation sites is 1. The number of rotatable bonds is 5. The maximum absolute atomic E-state index is 11.6. The second-order valence-corrected chi connectivity index (χ2v) is 5.73. The third-order valence-corrected chi connectivity index (χ3v) is 4.30. The Bertz CT molecular complexity index is 551. The van der Waals surface area contributed by atoms with Gasteiger partial charge in [-0.3, -0.25) is 14.9 Å². The van der Waals surface area contributed by atoms with Crippen LogP contribution in [-0.2, 0) is 4.79 Å². The lowest BCUT2D eigenvalue weighted by molar-refractivity contribution is -0.384. The molecule has 0 aromatic heterocycles. The number of aliphatic carboxylic acids is 1. The Morgan fingerprint density at radius 1 is 1.38 bits per heavy atom. The minimum absolute atomic E-state index is 0.0221. The van der Waals surface area contributed by atoms with Crippen molar-refractivity contribution in [2.75, 3.05) is 11.9 Å². The molecule has 1 saturated carbocycles. The van der Waals surface area contributed by atoms with E-state index in [0.717, 1.165) is 19.3 Å². The van der Waals surface area contributed by atoms with E-state index in [4.69, 9.17) is 0 Å². The van der Waals surface area contributed by atoms with Crippen molar-refractivity contribution in [1.82, 2.24) is 0 Å². The van der Waals surface area contributed by atoms with Crippen molar-refractivity contribution in [2.45, 2.75) is 39.0 Å². The normalized spacial score (nSPS) is 17.2. The van der Waals surface area contributed by atoms with Gasteiger partial charge < -0.3 is 10.4 Å². The van der Waals surface area contributed by atoms with Crippen LogP contribution in [0.4, 0.5) is 11.4 Å². The van der Waals surface area contributed by atoms with E-state index < -0.39 is 16.3 Å². The summed E-state index contributed by atoms with van der Waals surface area (Å²) < 4.78 is 0. The van der Waals surface area contributed by atoms with Crippen LogP contribution in [0, 0.1) is 22.5 Å². The van der Waals surface area contributed by atoms with Gasteiger partial charge in [-0.2, -0.15) is 0 Å². The predicted octanol–water partition coefficient (Wildman–Crippen LogP) is 3.35. The summed E-state index contributed by atoms with van der Waals surface area (Å²) in [5.74, 6) is -0.815. The van der Waals surface area contributed by atoms with Crippen molar-refractivity contribution in [3.63, 3.8) is 0 Å². The molecule has 6 nitrogen and oxygen atoms in total. The van der Waals surface area contributed by atoms with E-state index in [1.807, 2.05) is 0 Å². The average molecular weight is 292 g/mol. The third-order valence-electron chi connectivity index (χ3n) is 4.30. The first kappa shape index (κ1) is 15.3. The summed E-state index contributed by atoms with van der Waals surface area (Å²) in [6.07, 6.45) is 4.08. The topological polar surface area (TPSA) is 92.5 Å². The van der Waals surface area contributed by atoms with Crippen molar-refractivity contribution in [1.29, 1.82) is 0 Å². The third kappa shape index (κ3) is 3.15. The van der Waals surface area contributed by atoms with E-state index in [2.05, 4.69) is 5.32 Å². The summed E-state index contributed by atoms with van der Waals surface area (Å²) in [6.45, 7) is 1.91. The average Bonchev–Trinajstić information content (AvgIpc) is 2.45. The largest absolute Gasteiger partial charge is 0.481 e. The molecule has 1 aromatic rings. The zero-order valence-corrected chi connectivity index (χ0v) is 12.1. The number of nitro benzene ring substituents is 1. The number of nitrogens with one attached hydrogen (secondary N) is 1. The molecule has 0 spiro atoms. The van der Waals surface area contributed by atoms with Gasteiger partial charge in [-0.05, 0) is 25.8 Å².